The summed E-state index contributed by atoms with van der Waals surface area (Å²) in [5.74, 6) is 1.70. The zero-order valence-corrected chi connectivity index (χ0v) is 12.6. The van der Waals surface area contributed by atoms with Crippen molar-refractivity contribution in [2.75, 3.05) is 0 Å². The second-order valence-electron chi connectivity index (χ2n) is 6.52. The minimum absolute atomic E-state index is 0.607. The van der Waals surface area contributed by atoms with E-state index in [0.29, 0.717) is 6.04 Å². The van der Waals surface area contributed by atoms with Gasteiger partial charge in [0, 0.05) is 17.5 Å². The van der Waals surface area contributed by atoms with Gasteiger partial charge >= 0.3 is 0 Å². The Morgan fingerprint density at radius 3 is 2.71 bits per heavy atom. The van der Waals surface area contributed by atoms with Crippen LogP contribution in [0.1, 0.15) is 56.1 Å². The van der Waals surface area contributed by atoms with E-state index in [0.717, 1.165) is 23.9 Å². The minimum atomic E-state index is 0.607. The number of aryl methyl sites for hydroxylation is 1. The fourth-order valence-electron chi connectivity index (χ4n) is 3.47. The first-order valence-corrected chi connectivity index (χ1v) is 8.17. The van der Waals surface area contributed by atoms with E-state index in [-0.39, 0.29) is 0 Å². The highest BCUT2D eigenvalue weighted by molar-refractivity contribution is 5.61. The number of aromatic nitrogens is 4. The molecule has 2 fully saturated rings. The molecule has 4 rings (SSSR count). The minimum Gasteiger partial charge on any atom is -0.266 e. The fourth-order valence-corrected chi connectivity index (χ4v) is 3.47. The van der Waals surface area contributed by atoms with Crippen molar-refractivity contribution in [2.45, 2.75) is 57.9 Å². The Hall–Kier alpha value is -1.71. The van der Waals surface area contributed by atoms with Crippen LogP contribution in [0.25, 0.3) is 11.3 Å². The lowest BCUT2D eigenvalue weighted by atomic mass is 10.1. The van der Waals surface area contributed by atoms with E-state index in [2.05, 4.69) is 14.6 Å². The van der Waals surface area contributed by atoms with E-state index in [1.165, 1.54) is 49.8 Å². The van der Waals surface area contributed by atoms with Crippen molar-refractivity contribution in [3.8, 4) is 11.3 Å². The van der Waals surface area contributed by atoms with Gasteiger partial charge < -0.3 is 0 Å². The van der Waals surface area contributed by atoms with E-state index in [9.17, 15) is 0 Å². The maximum atomic E-state index is 4.74. The molecule has 0 aliphatic heterocycles. The van der Waals surface area contributed by atoms with Crippen LogP contribution in [0, 0.1) is 12.8 Å². The summed E-state index contributed by atoms with van der Waals surface area (Å²) in [6.07, 6.45) is 13.0. The van der Waals surface area contributed by atoms with Gasteiger partial charge in [0.25, 0.3) is 0 Å². The smallest absolute Gasteiger partial charge is 0.125 e. The van der Waals surface area contributed by atoms with Gasteiger partial charge in [0.2, 0.25) is 0 Å². The molecule has 0 unspecified atom stereocenters. The average molecular weight is 282 g/mol. The topological polar surface area (TPSA) is 43.6 Å². The van der Waals surface area contributed by atoms with Gasteiger partial charge in [0.15, 0.2) is 0 Å². The van der Waals surface area contributed by atoms with Crippen LogP contribution >= 0.6 is 0 Å². The van der Waals surface area contributed by atoms with E-state index in [4.69, 9.17) is 5.10 Å². The van der Waals surface area contributed by atoms with Crippen molar-refractivity contribution >= 4 is 0 Å². The second-order valence-corrected chi connectivity index (χ2v) is 6.52. The van der Waals surface area contributed by atoms with Gasteiger partial charge in [-0.3, -0.25) is 4.68 Å². The molecule has 2 aromatic heterocycles. The lowest BCUT2D eigenvalue weighted by Crippen LogP contribution is -2.11. The molecule has 0 spiro atoms. The first-order chi connectivity index (χ1) is 10.3. The van der Waals surface area contributed by atoms with E-state index < -0.39 is 0 Å². The molecular weight excluding hydrogens is 260 g/mol. The molecule has 0 aromatic carbocycles. The van der Waals surface area contributed by atoms with Crippen molar-refractivity contribution in [3.63, 3.8) is 0 Å². The molecule has 0 atom stereocenters. The summed E-state index contributed by atoms with van der Waals surface area (Å²) in [6, 6.07) is 2.62. The van der Waals surface area contributed by atoms with Crippen LogP contribution in [0.5, 0.6) is 0 Å². The molecule has 2 aliphatic carbocycles. The number of hydrogen-bond donors (Lipinski definition) is 0. The van der Waals surface area contributed by atoms with Crippen LogP contribution in [-0.4, -0.2) is 19.7 Å². The predicted octanol–water partition coefficient (Wildman–Crippen LogP) is 3.72. The standard InChI is InChI=1S/C17H22N4/c1-12-18-9-8-16(20-12)15-11-19-21(14-4-2-3-5-14)17(15)10-13-6-7-13/h8-9,11,13-14H,2-7,10H2,1H3. The first-order valence-electron chi connectivity index (χ1n) is 8.17. The van der Waals surface area contributed by atoms with Crippen LogP contribution in [-0.2, 0) is 6.42 Å². The molecule has 4 nitrogen and oxygen atoms in total. The highest BCUT2D eigenvalue weighted by Gasteiger charge is 2.28. The summed E-state index contributed by atoms with van der Waals surface area (Å²) in [5.41, 5.74) is 3.66. The number of nitrogens with zero attached hydrogens (tertiary/aromatic N) is 4. The Morgan fingerprint density at radius 1 is 1.19 bits per heavy atom. The van der Waals surface area contributed by atoms with Crippen LogP contribution in [0.3, 0.4) is 0 Å². The summed E-state index contributed by atoms with van der Waals surface area (Å²) in [4.78, 5) is 8.82. The van der Waals surface area contributed by atoms with Gasteiger partial charge in [-0.25, -0.2) is 9.97 Å². The summed E-state index contributed by atoms with van der Waals surface area (Å²) in [6.45, 7) is 1.95. The van der Waals surface area contributed by atoms with Gasteiger partial charge in [-0.15, -0.1) is 0 Å². The maximum Gasteiger partial charge on any atom is 0.125 e. The van der Waals surface area contributed by atoms with Crippen molar-refractivity contribution in [1.29, 1.82) is 0 Å². The van der Waals surface area contributed by atoms with Crippen LogP contribution in [0.2, 0.25) is 0 Å². The zero-order valence-electron chi connectivity index (χ0n) is 12.6. The van der Waals surface area contributed by atoms with Crippen LogP contribution in [0.4, 0.5) is 0 Å². The second kappa shape index (κ2) is 5.24. The summed E-state index contributed by atoms with van der Waals surface area (Å²) < 4.78 is 2.32. The average Bonchev–Trinajstić information content (AvgIpc) is 2.98. The fraction of sp³-hybridized carbons (Fsp3) is 0.588. The van der Waals surface area contributed by atoms with E-state index >= 15 is 0 Å². The molecule has 0 amide bonds. The van der Waals surface area contributed by atoms with E-state index in [1.807, 2.05) is 25.4 Å². The van der Waals surface area contributed by atoms with Crippen LogP contribution < -0.4 is 0 Å². The van der Waals surface area contributed by atoms with Gasteiger partial charge in [-0.2, -0.15) is 5.10 Å². The lowest BCUT2D eigenvalue weighted by molar-refractivity contribution is 0.446. The predicted molar refractivity (Wildman–Crippen MR) is 81.9 cm³/mol. The van der Waals surface area contributed by atoms with E-state index in [1.54, 1.807) is 0 Å². The molecule has 21 heavy (non-hydrogen) atoms. The lowest BCUT2D eigenvalue weighted by Gasteiger charge is -2.15. The van der Waals surface area contributed by atoms with Crippen LogP contribution in [0.15, 0.2) is 18.5 Å². The maximum absolute atomic E-state index is 4.74. The van der Waals surface area contributed by atoms with Gasteiger partial charge in [0.1, 0.15) is 5.82 Å². The molecule has 2 aromatic rings. The Labute approximate surface area is 125 Å². The molecular formula is C17H22N4. The van der Waals surface area contributed by atoms with Gasteiger partial charge in [-0.1, -0.05) is 12.8 Å². The third-order valence-electron chi connectivity index (χ3n) is 4.80. The molecule has 2 heterocycles. The Kier molecular flexibility index (Phi) is 3.24. The monoisotopic (exact) mass is 282 g/mol. The summed E-state index contributed by atoms with van der Waals surface area (Å²) in [5, 5.41) is 4.74. The van der Waals surface area contributed by atoms with Gasteiger partial charge in [-0.05, 0) is 51.0 Å². The summed E-state index contributed by atoms with van der Waals surface area (Å²) in [7, 11) is 0. The Bertz CT molecular complexity index is 636. The molecule has 110 valence electrons. The van der Waals surface area contributed by atoms with Crippen molar-refractivity contribution < 1.29 is 0 Å². The molecule has 0 saturated heterocycles. The Balaban J connectivity index is 1.75. The molecule has 0 bridgehead atoms. The normalized spacial score (nSPS) is 19.3. The van der Waals surface area contributed by atoms with Crippen molar-refractivity contribution in [3.05, 3.63) is 30.0 Å². The molecule has 0 N–H and O–H groups in total. The Morgan fingerprint density at radius 2 is 2.00 bits per heavy atom. The first kappa shape index (κ1) is 13.0. The molecule has 0 radical (unpaired) electrons. The molecule has 4 heteroatoms. The van der Waals surface area contributed by atoms with Gasteiger partial charge in [0.05, 0.1) is 17.9 Å². The largest absolute Gasteiger partial charge is 0.266 e. The van der Waals surface area contributed by atoms with Crippen molar-refractivity contribution in [2.24, 2.45) is 5.92 Å². The zero-order chi connectivity index (χ0) is 14.2. The highest BCUT2D eigenvalue weighted by atomic mass is 15.3. The number of rotatable bonds is 4. The third kappa shape index (κ3) is 2.59. The SMILES string of the molecule is Cc1nccc(-c2cnn(C3CCCC3)c2CC2CC2)n1. The quantitative estimate of drug-likeness (QED) is 0.858. The van der Waals surface area contributed by atoms with Crippen molar-refractivity contribution in [1.82, 2.24) is 19.7 Å². The number of hydrogen-bond acceptors (Lipinski definition) is 3. The summed E-state index contributed by atoms with van der Waals surface area (Å²) >= 11 is 0. The third-order valence-corrected chi connectivity index (χ3v) is 4.80. The molecule has 2 saturated carbocycles. The highest BCUT2D eigenvalue weighted by Crippen LogP contribution is 2.38. The molecule has 2 aliphatic rings.